The lowest BCUT2D eigenvalue weighted by molar-refractivity contribution is 0.0923. The van der Waals surface area contributed by atoms with Crippen molar-refractivity contribution in [2.75, 3.05) is 13.7 Å². The maximum Gasteiger partial charge on any atom is 0.123 e. The Kier molecular flexibility index (Phi) is 6.81. The van der Waals surface area contributed by atoms with Crippen LogP contribution in [0.4, 0.5) is 0 Å². The molecule has 1 atom stereocenters. The lowest BCUT2D eigenvalue weighted by atomic mass is 10.1. The molecule has 1 aliphatic carbocycles. The molecule has 0 bridgehead atoms. The van der Waals surface area contributed by atoms with E-state index in [-0.39, 0.29) is 19.0 Å². The van der Waals surface area contributed by atoms with Crippen molar-refractivity contribution in [2.24, 2.45) is 0 Å². The van der Waals surface area contributed by atoms with Gasteiger partial charge < -0.3 is 19.1 Å². The van der Waals surface area contributed by atoms with Crippen LogP contribution >= 0.6 is 12.4 Å². The molecule has 2 aromatic carbocycles. The maximum absolute atomic E-state index is 10.6. The third-order valence-corrected chi connectivity index (χ3v) is 5.28. The molecular formula is C22H27ClN2O3. The summed E-state index contributed by atoms with van der Waals surface area (Å²) in [4.78, 5) is 4.88. The van der Waals surface area contributed by atoms with Gasteiger partial charge in [0.15, 0.2) is 0 Å². The van der Waals surface area contributed by atoms with Gasteiger partial charge in [-0.1, -0.05) is 31.0 Å². The number of rotatable bonds is 7. The van der Waals surface area contributed by atoms with Crippen LogP contribution in [-0.4, -0.2) is 34.5 Å². The number of imidazole rings is 1. The van der Waals surface area contributed by atoms with Crippen molar-refractivity contribution < 1.29 is 14.6 Å². The summed E-state index contributed by atoms with van der Waals surface area (Å²) in [5.74, 6) is 3.03. The second kappa shape index (κ2) is 9.30. The zero-order chi connectivity index (χ0) is 18.6. The molecule has 5 nitrogen and oxygen atoms in total. The molecule has 4 rings (SSSR count). The molecule has 0 aliphatic heterocycles. The number of nitrogens with zero attached hydrogens (tertiary/aromatic N) is 2. The van der Waals surface area contributed by atoms with Gasteiger partial charge in [0.05, 0.1) is 24.7 Å². The van der Waals surface area contributed by atoms with Crippen molar-refractivity contribution in [2.45, 2.75) is 44.2 Å². The van der Waals surface area contributed by atoms with E-state index in [4.69, 9.17) is 14.5 Å². The number of fused-ring (bicyclic) bond motifs is 1. The Morgan fingerprint density at radius 2 is 1.86 bits per heavy atom. The first-order valence-corrected chi connectivity index (χ1v) is 9.64. The van der Waals surface area contributed by atoms with Gasteiger partial charge in [0.1, 0.15) is 30.0 Å². The van der Waals surface area contributed by atoms with E-state index in [1.807, 2.05) is 42.5 Å². The summed E-state index contributed by atoms with van der Waals surface area (Å²) in [6.45, 7) is 0.708. The summed E-state index contributed by atoms with van der Waals surface area (Å²) in [7, 11) is 1.63. The van der Waals surface area contributed by atoms with Gasteiger partial charge in [-0.3, -0.25) is 0 Å². The minimum absolute atomic E-state index is 0. The summed E-state index contributed by atoms with van der Waals surface area (Å²) in [6.07, 6.45) is 4.26. The van der Waals surface area contributed by atoms with E-state index in [1.165, 1.54) is 25.7 Å². The average molecular weight is 403 g/mol. The second-order valence-electron chi connectivity index (χ2n) is 7.19. The van der Waals surface area contributed by atoms with Gasteiger partial charge in [-0.2, -0.15) is 0 Å². The molecule has 1 saturated carbocycles. The van der Waals surface area contributed by atoms with Gasteiger partial charge in [-0.15, -0.1) is 12.4 Å². The van der Waals surface area contributed by atoms with Crippen LogP contribution in [0.2, 0.25) is 0 Å². The fourth-order valence-electron chi connectivity index (χ4n) is 3.93. The number of halogens is 1. The van der Waals surface area contributed by atoms with E-state index in [0.29, 0.717) is 18.2 Å². The minimum Gasteiger partial charge on any atom is -0.497 e. The summed E-state index contributed by atoms with van der Waals surface area (Å²) >= 11 is 0. The summed E-state index contributed by atoms with van der Waals surface area (Å²) in [5.41, 5.74) is 2.08. The van der Waals surface area contributed by atoms with Crippen LogP contribution in [0.25, 0.3) is 11.0 Å². The monoisotopic (exact) mass is 402 g/mol. The number of methoxy groups -OCH3 is 1. The molecule has 1 unspecified atom stereocenters. The van der Waals surface area contributed by atoms with Crippen LogP contribution in [0.1, 0.15) is 37.4 Å². The first-order valence-electron chi connectivity index (χ1n) is 9.64. The molecule has 0 amide bonds. The van der Waals surface area contributed by atoms with Crippen LogP contribution in [0.5, 0.6) is 11.5 Å². The van der Waals surface area contributed by atoms with Gasteiger partial charge in [0, 0.05) is 12.0 Å². The Morgan fingerprint density at radius 1 is 1.11 bits per heavy atom. The Morgan fingerprint density at radius 3 is 2.64 bits per heavy atom. The SMILES string of the molecule is COc1cccc(OCC(O)Cn2c(C3CCCC3)nc3ccccc32)c1.Cl. The number of ether oxygens (including phenoxy) is 2. The van der Waals surface area contributed by atoms with Crippen LogP contribution in [0, 0.1) is 0 Å². The van der Waals surface area contributed by atoms with E-state index in [0.717, 1.165) is 22.6 Å². The maximum atomic E-state index is 10.6. The normalized spacial score (nSPS) is 15.4. The van der Waals surface area contributed by atoms with Crippen molar-refractivity contribution in [3.63, 3.8) is 0 Å². The van der Waals surface area contributed by atoms with Crippen LogP contribution < -0.4 is 9.47 Å². The van der Waals surface area contributed by atoms with Crippen LogP contribution in [0.15, 0.2) is 48.5 Å². The van der Waals surface area contributed by atoms with Gasteiger partial charge in [-0.25, -0.2) is 4.98 Å². The molecule has 0 radical (unpaired) electrons. The topological polar surface area (TPSA) is 56.5 Å². The number of para-hydroxylation sites is 2. The highest BCUT2D eigenvalue weighted by atomic mass is 35.5. The molecule has 1 fully saturated rings. The third kappa shape index (κ3) is 4.42. The van der Waals surface area contributed by atoms with E-state index in [9.17, 15) is 5.11 Å². The lowest BCUT2D eigenvalue weighted by Crippen LogP contribution is -2.25. The van der Waals surface area contributed by atoms with Crippen LogP contribution in [-0.2, 0) is 6.54 Å². The van der Waals surface area contributed by atoms with Crippen molar-refractivity contribution >= 4 is 23.4 Å². The standard InChI is InChI=1S/C22H26N2O3.ClH/c1-26-18-9-6-10-19(13-18)27-15-17(25)14-24-21-12-5-4-11-20(21)23-22(24)16-7-2-3-8-16;/h4-6,9-13,16-17,25H,2-3,7-8,14-15H2,1H3;1H. The molecule has 28 heavy (non-hydrogen) atoms. The van der Waals surface area contributed by atoms with Crippen LogP contribution in [0.3, 0.4) is 0 Å². The smallest absolute Gasteiger partial charge is 0.123 e. The second-order valence-corrected chi connectivity index (χ2v) is 7.19. The van der Waals surface area contributed by atoms with Crippen molar-refractivity contribution in [1.29, 1.82) is 0 Å². The molecule has 1 heterocycles. The first-order chi connectivity index (χ1) is 13.2. The Hall–Kier alpha value is -2.24. The van der Waals surface area contributed by atoms with Gasteiger partial charge in [0.25, 0.3) is 0 Å². The quantitative estimate of drug-likeness (QED) is 0.629. The van der Waals surface area contributed by atoms with Crippen molar-refractivity contribution in [1.82, 2.24) is 9.55 Å². The molecule has 6 heteroatoms. The molecule has 1 aliphatic rings. The Labute approximate surface area is 171 Å². The molecule has 150 valence electrons. The summed E-state index contributed by atoms with van der Waals surface area (Å²) in [5, 5.41) is 10.6. The zero-order valence-electron chi connectivity index (χ0n) is 16.1. The number of aliphatic hydroxyl groups is 1. The number of benzene rings is 2. The molecule has 0 saturated heterocycles. The third-order valence-electron chi connectivity index (χ3n) is 5.28. The fourth-order valence-corrected chi connectivity index (χ4v) is 3.93. The van der Waals surface area contributed by atoms with E-state index >= 15 is 0 Å². The highest BCUT2D eigenvalue weighted by Gasteiger charge is 2.24. The number of hydrogen-bond acceptors (Lipinski definition) is 4. The molecule has 1 N–H and O–H groups in total. The zero-order valence-corrected chi connectivity index (χ0v) is 16.9. The van der Waals surface area contributed by atoms with Crippen molar-refractivity contribution in [3.05, 3.63) is 54.4 Å². The Balaban J connectivity index is 0.00000225. The lowest BCUT2D eigenvalue weighted by Gasteiger charge is -2.18. The number of aromatic nitrogens is 2. The highest BCUT2D eigenvalue weighted by molar-refractivity contribution is 5.85. The van der Waals surface area contributed by atoms with Gasteiger partial charge in [0.2, 0.25) is 0 Å². The molecule has 1 aromatic heterocycles. The average Bonchev–Trinajstić information content (AvgIpc) is 3.35. The fraction of sp³-hybridized carbons (Fsp3) is 0.409. The largest absolute Gasteiger partial charge is 0.497 e. The first kappa shape index (κ1) is 20.5. The molecule has 0 spiro atoms. The van der Waals surface area contributed by atoms with Gasteiger partial charge in [-0.05, 0) is 37.1 Å². The molecular weight excluding hydrogens is 376 g/mol. The minimum atomic E-state index is -0.617. The summed E-state index contributed by atoms with van der Waals surface area (Å²) in [6, 6.07) is 15.6. The molecule has 3 aromatic rings. The highest BCUT2D eigenvalue weighted by Crippen LogP contribution is 2.35. The Bertz CT molecular complexity index is 906. The summed E-state index contributed by atoms with van der Waals surface area (Å²) < 4.78 is 13.2. The number of aliphatic hydroxyl groups excluding tert-OH is 1. The van der Waals surface area contributed by atoms with Gasteiger partial charge >= 0.3 is 0 Å². The predicted octanol–water partition coefficient (Wildman–Crippen LogP) is 4.56. The predicted molar refractivity (Wildman–Crippen MR) is 113 cm³/mol. The van der Waals surface area contributed by atoms with E-state index in [2.05, 4.69) is 10.6 Å². The van der Waals surface area contributed by atoms with Crippen molar-refractivity contribution in [3.8, 4) is 11.5 Å². The van der Waals surface area contributed by atoms with E-state index < -0.39 is 6.10 Å². The van der Waals surface area contributed by atoms with E-state index in [1.54, 1.807) is 7.11 Å². The number of hydrogen-bond donors (Lipinski definition) is 1.